The van der Waals surface area contributed by atoms with Gasteiger partial charge in [-0.3, -0.25) is 0 Å². The van der Waals surface area contributed by atoms with Gasteiger partial charge in [-0.05, 0) is 24.6 Å². The molecule has 3 nitrogen and oxygen atoms in total. The van der Waals surface area contributed by atoms with Gasteiger partial charge in [0.15, 0.2) is 5.96 Å². The van der Waals surface area contributed by atoms with Crippen molar-refractivity contribution < 1.29 is 0 Å². The number of hydrogen-bond acceptors (Lipinski definition) is 1. The van der Waals surface area contributed by atoms with Crippen molar-refractivity contribution in [2.45, 2.75) is 13.5 Å². The molecule has 2 N–H and O–H groups in total. The molecule has 1 aromatic carbocycles. The molecule has 0 spiro atoms. The lowest BCUT2D eigenvalue weighted by Crippen LogP contribution is -2.37. The molecule has 5 heteroatoms. The quantitative estimate of drug-likeness (QED) is 0.357. The summed E-state index contributed by atoms with van der Waals surface area (Å²) < 4.78 is 0. The van der Waals surface area contributed by atoms with Gasteiger partial charge >= 0.3 is 0 Å². The second-order valence-corrected chi connectivity index (χ2v) is 3.93. The molecular formula is C13H19ClIN3. The van der Waals surface area contributed by atoms with Crippen molar-refractivity contribution in [1.82, 2.24) is 10.6 Å². The van der Waals surface area contributed by atoms with Crippen LogP contribution in [0.15, 0.2) is 41.9 Å². The van der Waals surface area contributed by atoms with Crippen LogP contribution < -0.4 is 10.6 Å². The zero-order chi connectivity index (χ0) is 12.5. The second kappa shape index (κ2) is 10.2. The van der Waals surface area contributed by atoms with Crippen molar-refractivity contribution in [3.63, 3.8) is 0 Å². The standard InChI is InChI=1S/C13H18ClN3.HI/c1-3-8-16-13(15-4-2)17-10-11-6-5-7-12(14)9-11;/h3,5-7,9H,1,4,8,10H2,2H3,(H2,15,16,17);1H. The average molecular weight is 380 g/mol. The van der Waals surface area contributed by atoms with Gasteiger partial charge < -0.3 is 10.6 Å². The summed E-state index contributed by atoms with van der Waals surface area (Å²) in [5.74, 6) is 0.785. The maximum Gasteiger partial charge on any atom is 0.191 e. The molecule has 0 bridgehead atoms. The number of halogens is 2. The van der Waals surface area contributed by atoms with E-state index in [1.54, 1.807) is 6.08 Å². The van der Waals surface area contributed by atoms with Crippen LogP contribution in [-0.2, 0) is 6.54 Å². The molecule has 0 saturated heterocycles. The molecule has 0 aliphatic carbocycles. The lowest BCUT2D eigenvalue weighted by molar-refractivity contribution is 0.860. The number of hydrogen-bond donors (Lipinski definition) is 2. The van der Waals surface area contributed by atoms with Crippen molar-refractivity contribution in [2.24, 2.45) is 4.99 Å². The number of guanidine groups is 1. The fraction of sp³-hybridized carbons (Fsp3) is 0.308. The van der Waals surface area contributed by atoms with E-state index in [4.69, 9.17) is 11.6 Å². The fourth-order valence-electron chi connectivity index (χ4n) is 1.32. The van der Waals surface area contributed by atoms with Gasteiger partial charge in [0.25, 0.3) is 0 Å². The Morgan fingerprint density at radius 2 is 2.22 bits per heavy atom. The first-order chi connectivity index (χ1) is 8.26. The van der Waals surface area contributed by atoms with Crippen molar-refractivity contribution in [2.75, 3.05) is 13.1 Å². The molecule has 0 radical (unpaired) electrons. The van der Waals surface area contributed by atoms with E-state index in [-0.39, 0.29) is 24.0 Å². The molecule has 0 aromatic heterocycles. The van der Waals surface area contributed by atoms with Crippen LogP contribution in [0.2, 0.25) is 5.02 Å². The van der Waals surface area contributed by atoms with Crippen LogP contribution in [-0.4, -0.2) is 19.0 Å². The Hall–Kier alpha value is -0.750. The Labute approximate surface area is 131 Å². The molecule has 0 atom stereocenters. The van der Waals surface area contributed by atoms with Crippen molar-refractivity contribution in [3.05, 3.63) is 47.5 Å². The molecule has 18 heavy (non-hydrogen) atoms. The zero-order valence-electron chi connectivity index (χ0n) is 10.4. The van der Waals surface area contributed by atoms with Gasteiger partial charge in [-0.15, -0.1) is 30.6 Å². The van der Waals surface area contributed by atoms with Gasteiger partial charge in [-0.1, -0.05) is 29.8 Å². The van der Waals surface area contributed by atoms with E-state index < -0.39 is 0 Å². The van der Waals surface area contributed by atoms with E-state index in [1.165, 1.54) is 0 Å². The lowest BCUT2D eigenvalue weighted by Gasteiger charge is -2.09. The molecule has 1 aromatic rings. The van der Waals surface area contributed by atoms with Gasteiger partial charge in [-0.2, -0.15) is 0 Å². The minimum atomic E-state index is 0. The van der Waals surface area contributed by atoms with Crippen molar-refractivity contribution >= 4 is 41.5 Å². The average Bonchev–Trinajstić information content (AvgIpc) is 2.33. The topological polar surface area (TPSA) is 36.4 Å². The van der Waals surface area contributed by atoms with Gasteiger partial charge in [0, 0.05) is 18.1 Å². The summed E-state index contributed by atoms with van der Waals surface area (Å²) >= 11 is 5.91. The molecule has 1 rings (SSSR count). The van der Waals surface area contributed by atoms with E-state index in [2.05, 4.69) is 22.2 Å². The zero-order valence-corrected chi connectivity index (χ0v) is 13.5. The molecule has 0 amide bonds. The van der Waals surface area contributed by atoms with Crippen LogP contribution in [0.3, 0.4) is 0 Å². The number of aliphatic imine (C=N–C) groups is 1. The van der Waals surface area contributed by atoms with Crippen molar-refractivity contribution in [3.8, 4) is 0 Å². The third-order valence-corrected chi connectivity index (χ3v) is 2.30. The van der Waals surface area contributed by atoms with Gasteiger partial charge in [0.05, 0.1) is 6.54 Å². The monoisotopic (exact) mass is 379 g/mol. The summed E-state index contributed by atoms with van der Waals surface area (Å²) in [5.41, 5.74) is 1.09. The summed E-state index contributed by atoms with van der Waals surface area (Å²) in [6.07, 6.45) is 1.80. The predicted octanol–water partition coefficient (Wildman–Crippen LogP) is 3.20. The van der Waals surface area contributed by atoms with Crippen molar-refractivity contribution in [1.29, 1.82) is 0 Å². The summed E-state index contributed by atoms with van der Waals surface area (Å²) in [5, 5.41) is 7.04. The highest BCUT2D eigenvalue weighted by Crippen LogP contribution is 2.11. The molecule has 0 heterocycles. The number of benzene rings is 1. The normalized spacial score (nSPS) is 10.4. The molecule has 0 unspecified atom stereocenters. The maximum atomic E-state index is 5.91. The predicted molar refractivity (Wildman–Crippen MR) is 89.9 cm³/mol. The third-order valence-electron chi connectivity index (χ3n) is 2.07. The molecule has 0 saturated carbocycles. The highest BCUT2D eigenvalue weighted by Gasteiger charge is 1.96. The van der Waals surface area contributed by atoms with E-state index >= 15 is 0 Å². The highest BCUT2D eigenvalue weighted by atomic mass is 127. The Morgan fingerprint density at radius 3 is 2.83 bits per heavy atom. The van der Waals surface area contributed by atoms with Crippen LogP contribution in [0.4, 0.5) is 0 Å². The van der Waals surface area contributed by atoms with Crippen LogP contribution >= 0.6 is 35.6 Å². The maximum absolute atomic E-state index is 5.91. The van der Waals surface area contributed by atoms with E-state index in [0.717, 1.165) is 23.1 Å². The Kier molecular flexibility index (Phi) is 9.77. The Morgan fingerprint density at radius 1 is 1.44 bits per heavy atom. The number of rotatable bonds is 5. The van der Waals surface area contributed by atoms with Crippen LogP contribution in [0, 0.1) is 0 Å². The van der Waals surface area contributed by atoms with Gasteiger partial charge in [0.1, 0.15) is 0 Å². The third kappa shape index (κ3) is 6.86. The summed E-state index contributed by atoms with van der Waals surface area (Å²) in [4.78, 5) is 4.45. The highest BCUT2D eigenvalue weighted by molar-refractivity contribution is 14.0. The smallest absolute Gasteiger partial charge is 0.191 e. The molecule has 100 valence electrons. The van der Waals surface area contributed by atoms with Crippen LogP contribution in [0.25, 0.3) is 0 Å². The SMILES string of the molecule is C=CCNC(=NCc1cccc(Cl)c1)NCC.I. The number of nitrogens with one attached hydrogen (secondary N) is 2. The first kappa shape index (κ1) is 17.2. The van der Waals surface area contributed by atoms with Crippen LogP contribution in [0.5, 0.6) is 0 Å². The molecular weight excluding hydrogens is 361 g/mol. The minimum Gasteiger partial charge on any atom is -0.357 e. The first-order valence-electron chi connectivity index (χ1n) is 5.63. The van der Waals surface area contributed by atoms with E-state index in [1.807, 2.05) is 31.2 Å². The summed E-state index contributed by atoms with van der Waals surface area (Å²) in [6, 6.07) is 7.71. The molecule has 0 aliphatic heterocycles. The Bertz CT molecular complexity index is 394. The molecule has 0 fully saturated rings. The van der Waals surface area contributed by atoms with E-state index in [9.17, 15) is 0 Å². The van der Waals surface area contributed by atoms with Gasteiger partial charge in [-0.25, -0.2) is 4.99 Å². The number of nitrogens with zero attached hydrogens (tertiary/aromatic N) is 1. The summed E-state index contributed by atoms with van der Waals surface area (Å²) in [6.45, 7) is 7.82. The lowest BCUT2D eigenvalue weighted by atomic mass is 10.2. The Balaban J connectivity index is 0.00000289. The summed E-state index contributed by atoms with van der Waals surface area (Å²) in [7, 11) is 0. The van der Waals surface area contributed by atoms with Crippen LogP contribution in [0.1, 0.15) is 12.5 Å². The van der Waals surface area contributed by atoms with E-state index in [0.29, 0.717) is 13.1 Å². The fourth-order valence-corrected chi connectivity index (χ4v) is 1.53. The van der Waals surface area contributed by atoms with Gasteiger partial charge in [0.2, 0.25) is 0 Å². The second-order valence-electron chi connectivity index (χ2n) is 3.49. The molecule has 0 aliphatic rings. The largest absolute Gasteiger partial charge is 0.357 e. The first-order valence-corrected chi connectivity index (χ1v) is 6.01. The minimum absolute atomic E-state index is 0.